The van der Waals surface area contributed by atoms with Gasteiger partial charge in [0.1, 0.15) is 6.10 Å². The van der Waals surface area contributed by atoms with E-state index in [1.165, 1.54) is 0 Å². The van der Waals surface area contributed by atoms with Gasteiger partial charge in [-0.3, -0.25) is 4.98 Å². The van der Waals surface area contributed by atoms with E-state index >= 15 is 0 Å². The van der Waals surface area contributed by atoms with Crippen molar-refractivity contribution in [2.24, 2.45) is 0 Å². The summed E-state index contributed by atoms with van der Waals surface area (Å²) in [7, 11) is 0. The molecular formula is C18H20ClN3O2. The second-order valence-corrected chi connectivity index (χ2v) is 6.27. The van der Waals surface area contributed by atoms with Gasteiger partial charge in [0.15, 0.2) is 0 Å². The van der Waals surface area contributed by atoms with Crippen LogP contribution in [0.15, 0.2) is 48.8 Å². The molecule has 1 N–H and O–H groups in total. The summed E-state index contributed by atoms with van der Waals surface area (Å²) in [5.74, 6) is 0. The van der Waals surface area contributed by atoms with Crippen LogP contribution in [0.3, 0.4) is 0 Å². The number of ether oxygens (including phenoxy) is 1. The van der Waals surface area contributed by atoms with Crippen molar-refractivity contribution in [3.8, 4) is 0 Å². The van der Waals surface area contributed by atoms with E-state index in [0.29, 0.717) is 24.7 Å². The fourth-order valence-corrected chi connectivity index (χ4v) is 3.00. The highest BCUT2D eigenvalue weighted by atomic mass is 35.5. The van der Waals surface area contributed by atoms with E-state index in [-0.39, 0.29) is 18.2 Å². The fraction of sp³-hybridized carbons (Fsp3) is 0.333. The molecule has 3 rings (SSSR count). The van der Waals surface area contributed by atoms with Crippen LogP contribution in [0.5, 0.6) is 0 Å². The van der Waals surface area contributed by atoms with E-state index in [2.05, 4.69) is 10.3 Å². The number of rotatable bonds is 3. The molecule has 126 valence electrons. The highest BCUT2D eigenvalue weighted by Crippen LogP contribution is 2.29. The number of morpholine rings is 1. The molecular weight excluding hydrogens is 326 g/mol. The molecule has 24 heavy (non-hydrogen) atoms. The summed E-state index contributed by atoms with van der Waals surface area (Å²) >= 11 is 6.26. The average molecular weight is 346 g/mol. The van der Waals surface area contributed by atoms with Gasteiger partial charge in [-0.15, -0.1) is 0 Å². The van der Waals surface area contributed by atoms with Crippen LogP contribution in [-0.2, 0) is 11.3 Å². The van der Waals surface area contributed by atoms with E-state index in [9.17, 15) is 4.79 Å². The first kappa shape index (κ1) is 16.7. The minimum absolute atomic E-state index is 0.0150. The van der Waals surface area contributed by atoms with Gasteiger partial charge in [-0.1, -0.05) is 29.8 Å². The minimum atomic E-state index is -0.207. The molecule has 1 aromatic carbocycles. The smallest absolute Gasteiger partial charge is 0.318 e. The van der Waals surface area contributed by atoms with Crippen LogP contribution in [0.25, 0.3) is 0 Å². The van der Waals surface area contributed by atoms with Crippen LogP contribution >= 0.6 is 11.6 Å². The Morgan fingerprint density at radius 2 is 2.08 bits per heavy atom. The lowest BCUT2D eigenvalue weighted by atomic mass is 10.1. The zero-order valence-corrected chi connectivity index (χ0v) is 14.2. The summed E-state index contributed by atoms with van der Waals surface area (Å²) in [6, 6.07) is 11.3. The molecule has 0 aliphatic carbocycles. The number of pyridine rings is 1. The molecule has 2 heterocycles. The topological polar surface area (TPSA) is 54.5 Å². The number of hydrogen-bond acceptors (Lipinski definition) is 3. The Labute approximate surface area is 146 Å². The zero-order valence-electron chi connectivity index (χ0n) is 13.5. The third-order valence-corrected chi connectivity index (χ3v) is 4.48. The summed E-state index contributed by atoms with van der Waals surface area (Å²) in [6.07, 6.45) is 3.22. The van der Waals surface area contributed by atoms with Gasteiger partial charge in [-0.25, -0.2) is 4.79 Å². The molecule has 1 saturated heterocycles. The van der Waals surface area contributed by atoms with Crippen molar-refractivity contribution in [3.05, 3.63) is 64.9 Å². The Morgan fingerprint density at radius 3 is 2.83 bits per heavy atom. The summed E-state index contributed by atoms with van der Waals surface area (Å²) in [6.45, 7) is 3.42. The first-order chi connectivity index (χ1) is 11.6. The quantitative estimate of drug-likeness (QED) is 0.927. The minimum Gasteiger partial charge on any atom is -0.369 e. The van der Waals surface area contributed by atoms with Crippen LogP contribution in [0.1, 0.15) is 24.2 Å². The predicted molar refractivity (Wildman–Crippen MR) is 92.8 cm³/mol. The standard InChI is InChI=1S/C18H20ClN3O2/c1-13-12-24-17(15-4-2-3-5-16(15)19)11-22(13)18(23)21-10-14-6-8-20-9-7-14/h2-9,13,17H,10-12H2,1H3,(H,21,23). The van der Waals surface area contributed by atoms with Gasteiger partial charge >= 0.3 is 6.03 Å². The summed E-state index contributed by atoms with van der Waals surface area (Å²) in [5, 5.41) is 3.62. The lowest BCUT2D eigenvalue weighted by Gasteiger charge is -2.38. The maximum absolute atomic E-state index is 12.6. The predicted octanol–water partition coefficient (Wildman–Crippen LogP) is 3.41. The number of carbonyl (C=O) groups excluding carboxylic acids is 1. The normalized spacial score (nSPS) is 20.7. The third-order valence-electron chi connectivity index (χ3n) is 4.14. The molecule has 0 spiro atoms. The number of amides is 2. The maximum atomic E-state index is 12.6. The zero-order chi connectivity index (χ0) is 16.9. The molecule has 2 atom stereocenters. The van der Waals surface area contributed by atoms with Gasteiger partial charge in [0.25, 0.3) is 0 Å². The maximum Gasteiger partial charge on any atom is 0.318 e. The summed E-state index contributed by atoms with van der Waals surface area (Å²) in [4.78, 5) is 18.3. The molecule has 0 saturated carbocycles. The number of nitrogens with one attached hydrogen (secondary N) is 1. The lowest BCUT2D eigenvalue weighted by Crippen LogP contribution is -2.51. The summed E-state index contributed by atoms with van der Waals surface area (Å²) in [5.41, 5.74) is 1.93. The second-order valence-electron chi connectivity index (χ2n) is 5.86. The van der Waals surface area contributed by atoms with Crippen molar-refractivity contribution in [1.82, 2.24) is 15.2 Å². The Morgan fingerprint density at radius 1 is 1.33 bits per heavy atom. The Bertz CT molecular complexity index is 696. The van der Waals surface area contributed by atoms with Crippen LogP contribution in [0.2, 0.25) is 5.02 Å². The molecule has 1 aliphatic rings. The van der Waals surface area contributed by atoms with Crippen molar-refractivity contribution in [2.75, 3.05) is 13.2 Å². The van der Waals surface area contributed by atoms with Crippen LogP contribution in [-0.4, -0.2) is 35.1 Å². The van der Waals surface area contributed by atoms with Crippen molar-refractivity contribution < 1.29 is 9.53 Å². The number of hydrogen-bond donors (Lipinski definition) is 1. The first-order valence-electron chi connectivity index (χ1n) is 7.94. The largest absolute Gasteiger partial charge is 0.369 e. The van der Waals surface area contributed by atoms with E-state index in [0.717, 1.165) is 11.1 Å². The number of halogens is 1. The van der Waals surface area contributed by atoms with Crippen LogP contribution in [0.4, 0.5) is 4.79 Å². The molecule has 0 radical (unpaired) electrons. The Kier molecular flexibility index (Phi) is 5.33. The van der Waals surface area contributed by atoms with E-state index in [1.807, 2.05) is 43.3 Å². The van der Waals surface area contributed by atoms with E-state index in [4.69, 9.17) is 16.3 Å². The number of benzene rings is 1. The van der Waals surface area contributed by atoms with Crippen LogP contribution < -0.4 is 5.32 Å². The second kappa shape index (κ2) is 7.64. The van der Waals surface area contributed by atoms with Gasteiger partial charge in [-0.2, -0.15) is 0 Å². The molecule has 1 aliphatic heterocycles. The number of urea groups is 1. The molecule has 5 nitrogen and oxygen atoms in total. The monoisotopic (exact) mass is 345 g/mol. The Balaban J connectivity index is 1.65. The van der Waals surface area contributed by atoms with Crippen molar-refractivity contribution in [3.63, 3.8) is 0 Å². The van der Waals surface area contributed by atoms with Gasteiger partial charge in [0.2, 0.25) is 0 Å². The SMILES string of the molecule is CC1COC(c2ccccc2Cl)CN1C(=O)NCc1ccncc1. The van der Waals surface area contributed by atoms with E-state index < -0.39 is 0 Å². The van der Waals surface area contributed by atoms with Gasteiger partial charge in [0.05, 0.1) is 19.2 Å². The number of nitrogens with zero attached hydrogens (tertiary/aromatic N) is 2. The molecule has 2 amide bonds. The fourth-order valence-electron chi connectivity index (χ4n) is 2.74. The molecule has 0 bridgehead atoms. The number of carbonyl (C=O) groups is 1. The lowest BCUT2D eigenvalue weighted by molar-refractivity contribution is -0.0427. The molecule has 6 heteroatoms. The van der Waals surface area contributed by atoms with Crippen molar-refractivity contribution in [1.29, 1.82) is 0 Å². The van der Waals surface area contributed by atoms with E-state index in [1.54, 1.807) is 17.3 Å². The Hall–Kier alpha value is -2.11. The molecule has 1 fully saturated rings. The number of aromatic nitrogens is 1. The van der Waals surface area contributed by atoms with Crippen molar-refractivity contribution >= 4 is 17.6 Å². The molecule has 1 aromatic heterocycles. The highest BCUT2D eigenvalue weighted by Gasteiger charge is 2.31. The van der Waals surface area contributed by atoms with Gasteiger partial charge in [-0.05, 0) is 30.7 Å². The molecule has 2 aromatic rings. The molecule has 2 unspecified atom stereocenters. The first-order valence-corrected chi connectivity index (χ1v) is 8.32. The average Bonchev–Trinajstić information content (AvgIpc) is 2.61. The van der Waals surface area contributed by atoms with Crippen molar-refractivity contribution in [2.45, 2.75) is 25.6 Å². The highest BCUT2D eigenvalue weighted by molar-refractivity contribution is 6.31. The van der Waals surface area contributed by atoms with Gasteiger partial charge < -0.3 is 15.0 Å². The summed E-state index contributed by atoms with van der Waals surface area (Å²) < 4.78 is 5.89. The third kappa shape index (κ3) is 3.86. The van der Waals surface area contributed by atoms with Gasteiger partial charge in [0, 0.05) is 29.5 Å². The van der Waals surface area contributed by atoms with Crippen LogP contribution in [0, 0.1) is 0 Å².